The minimum absolute atomic E-state index is 0.109. The normalized spacial score (nSPS) is 21.2. The van der Waals surface area contributed by atoms with E-state index in [9.17, 15) is 4.79 Å². The number of nitrogens with one attached hydrogen (secondary N) is 1. The molecule has 3 aromatic rings. The Bertz CT molecular complexity index is 1010. The molecular weight excluding hydrogens is 418 g/mol. The predicted molar refractivity (Wildman–Crippen MR) is 117 cm³/mol. The lowest BCUT2D eigenvalue weighted by atomic mass is 9.85. The summed E-state index contributed by atoms with van der Waals surface area (Å²) in [6.45, 7) is 2.44. The van der Waals surface area contributed by atoms with Gasteiger partial charge in [0.05, 0.1) is 12.1 Å². The third-order valence-corrected chi connectivity index (χ3v) is 5.61. The van der Waals surface area contributed by atoms with E-state index in [-0.39, 0.29) is 12.0 Å². The third kappa shape index (κ3) is 4.87. The lowest BCUT2D eigenvalue weighted by molar-refractivity contribution is -0.180. The van der Waals surface area contributed by atoms with Gasteiger partial charge in [-0.25, -0.2) is 4.98 Å². The second kappa shape index (κ2) is 9.05. The molecule has 1 saturated heterocycles. The molecule has 2 heterocycles. The molecule has 2 atom stereocenters. The molecule has 9 heteroatoms. The van der Waals surface area contributed by atoms with Crippen LogP contribution in [0.3, 0.4) is 0 Å². The Kier molecular flexibility index (Phi) is 6.22. The lowest BCUT2D eigenvalue weighted by Crippen LogP contribution is -2.42. The predicted octanol–water partition coefficient (Wildman–Crippen LogP) is 3.50. The number of rotatable bonds is 7. The molecule has 0 spiro atoms. The van der Waals surface area contributed by atoms with Crippen LogP contribution < -0.4 is 10.1 Å². The first-order chi connectivity index (χ1) is 14.9. The van der Waals surface area contributed by atoms with Gasteiger partial charge in [0.15, 0.2) is 0 Å². The molecule has 1 fully saturated rings. The van der Waals surface area contributed by atoms with Crippen LogP contribution in [0.2, 0.25) is 5.02 Å². The summed E-state index contributed by atoms with van der Waals surface area (Å²) < 4.78 is 7.77. The van der Waals surface area contributed by atoms with E-state index in [4.69, 9.17) is 21.2 Å². The Balaban J connectivity index is 1.48. The summed E-state index contributed by atoms with van der Waals surface area (Å²) in [5, 5.41) is 9.59. The van der Waals surface area contributed by atoms with E-state index in [0.717, 1.165) is 11.3 Å². The molecule has 0 aliphatic carbocycles. The van der Waals surface area contributed by atoms with Gasteiger partial charge in [0.25, 0.3) is 0 Å². The van der Waals surface area contributed by atoms with E-state index in [0.29, 0.717) is 30.3 Å². The number of halogens is 1. The summed E-state index contributed by atoms with van der Waals surface area (Å²) in [5.41, 5.74) is 1.37. The molecule has 1 aromatic heterocycles. The smallest absolute Gasteiger partial charge is 0.221 e. The Hall–Kier alpha value is -2.94. The molecule has 1 N–H and O–H groups in total. The Morgan fingerprint density at radius 1 is 1.26 bits per heavy atom. The second-order valence-corrected chi connectivity index (χ2v) is 8.01. The maximum atomic E-state index is 11.2. The van der Waals surface area contributed by atoms with E-state index in [1.54, 1.807) is 23.1 Å². The van der Waals surface area contributed by atoms with Gasteiger partial charge in [0, 0.05) is 31.1 Å². The highest BCUT2D eigenvalue weighted by Gasteiger charge is 2.47. The van der Waals surface area contributed by atoms with Gasteiger partial charge in [0.1, 0.15) is 31.1 Å². The zero-order chi connectivity index (χ0) is 21.8. The molecule has 162 valence electrons. The fourth-order valence-corrected chi connectivity index (χ4v) is 4.01. The summed E-state index contributed by atoms with van der Waals surface area (Å²) in [6, 6.07) is 15.1. The monoisotopic (exact) mass is 441 g/mol. The quantitative estimate of drug-likeness (QED) is 0.604. The largest absolute Gasteiger partial charge is 0.491 e. The highest BCUT2D eigenvalue weighted by atomic mass is 35.5. The van der Waals surface area contributed by atoms with E-state index < -0.39 is 5.54 Å². The molecule has 4 rings (SSSR count). The summed E-state index contributed by atoms with van der Waals surface area (Å²) >= 11 is 6.11. The molecule has 2 unspecified atom stereocenters. The van der Waals surface area contributed by atoms with Crippen LogP contribution in [0.1, 0.15) is 18.9 Å². The fourth-order valence-electron chi connectivity index (χ4n) is 3.88. The number of ether oxygens (including phenoxy) is 1. The second-order valence-electron chi connectivity index (χ2n) is 7.58. The number of likely N-dealkylation sites (N-methyl/N-ethyl adjacent to an activating group) is 1. The summed E-state index contributed by atoms with van der Waals surface area (Å²) in [7, 11) is 1.92. The zero-order valence-electron chi connectivity index (χ0n) is 17.4. The van der Waals surface area contributed by atoms with Crippen LogP contribution >= 0.6 is 11.6 Å². The number of carbonyl (C=O) groups excluding carboxylic acids is 1. The van der Waals surface area contributed by atoms with Crippen molar-refractivity contribution in [3.8, 4) is 5.75 Å². The van der Waals surface area contributed by atoms with Gasteiger partial charge >= 0.3 is 0 Å². The lowest BCUT2D eigenvalue weighted by Gasteiger charge is -2.34. The van der Waals surface area contributed by atoms with Crippen molar-refractivity contribution >= 4 is 23.2 Å². The number of aromatic nitrogens is 3. The van der Waals surface area contributed by atoms with E-state index >= 15 is 0 Å². The third-order valence-electron chi connectivity index (χ3n) is 5.36. The van der Waals surface area contributed by atoms with Crippen molar-refractivity contribution in [3.05, 3.63) is 71.8 Å². The highest BCUT2D eigenvalue weighted by Crippen LogP contribution is 2.41. The van der Waals surface area contributed by atoms with Crippen LogP contribution in [-0.2, 0) is 21.7 Å². The van der Waals surface area contributed by atoms with Crippen LogP contribution in [0.15, 0.2) is 61.2 Å². The number of carbonyl (C=O) groups is 1. The van der Waals surface area contributed by atoms with Gasteiger partial charge in [-0.2, -0.15) is 10.2 Å². The van der Waals surface area contributed by atoms with Crippen LogP contribution in [0.5, 0.6) is 5.75 Å². The minimum Gasteiger partial charge on any atom is -0.491 e. The van der Waals surface area contributed by atoms with Crippen molar-refractivity contribution in [1.82, 2.24) is 19.8 Å². The molecule has 31 heavy (non-hydrogen) atoms. The summed E-state index contributed by atoms with van der Waals surface area (Å²) in [5.74, 6) is 0.600. The van der Waals surface area contributed by atoms with Crippen LogP contribution in [0, 0.1) is 0 Å². The Morgan fingerprint density at radius 3 is 2.65 bits per heavy atom. The van der Waals surface area contributed by atoms with Crippen LogP contribution in [0.4, 0.5) is 5.69 Å². The fraction of sp³-hybridized carbons (Fsp3) is 0.318. The first-order valence-corrected chi connectivity index (χ1v) is 10.3. The number of amides is 1. The zero-order valence-corrected chi connectivity index (χ0v) is 18.1. The number of hydrogen-bond acceptors (Lipinski definition) is 6. The van der Waals surface area contributed by atoms with E-state index in [1.807, 2.05) is 48.5 Å². The van der Waals surface area contributed by atoms with Crippen molar-refractivity contribution in [2.45, 2.75) is 31.5 Å². The van der Waals surface area contributed by atoms with E-state index in [2.05, 4.69) is 15.4 Å². The maximum absolute atomic E-state index is 11.2. The molecule has 0 bridgehead atoms. The molecule has 0 saturated carbocycles. The van der Waals surface area contributed by atoms with Gasteiger partial charge in [-0.3, -0.25) is 14.3 Å². The summed E-state index contributed by atoms with van der Waals surface area (Å²) in [6.07, 6.45) is 3.77. The van der Waals surface area contributed by atoms with Gasteiger partial charge in [0.2, 0.25) is 5.91 Å². The molecule has 1 aliphatic heterocycles. The highest BCUT2D eigenvalue weighted by molar-refractivity contribution is 6.30. The van der Waals surface area contributed by atoms with Crippen LogP contribution in [-0.4, -0.2) is 45.5 Å². The molecular formula is C22H24ClN5O3. The van der Waals surface area contributed by atoms with Crippen molar-refractivity contribution < 1.29 is 14.4 Å². The first-order valence-electron chi connectivity index (χ1n) is 9.94. The van der Waals surface area contributed by atoms with Crippen molar-refractivity contribution in [2.24, 2.45) is 0 Å². The van der Waals surface area contributed by atoms with Crippen molar-refractivity contribution in [2.75, 3.05) is 19.0 Å². The topological polar surface area (TPSA) is 81.5 Å². The number of hydroxylamine groups is 2. The Morgan fingerprint density at radius 2 is 2.00 bits per heavy atom. The van der Waals surface area contributed by atoms with Gasteiger partial charge < -0.3 is 10.1 Å². The minimum atomic E-state index is -0.443. The molecule has 8 nitrogen and oxygen atoms in total. The van der Waals surface area contributed by atoms with Crippen LogP contribution in [0.25, 0.3) is 0 Å². The molecule has 0 radical (unpaired) electrons. The number of hydrogen-bond donors (Lipinski definition) is 1. The van der Waals surface area contributed by atoms with Gasteiger partial charge in [-0.05, 0) is 42.0 Å². The number of anilines is 1. The Labute approximate surface area is 185 Å². The maximum Gasteiger partial charge on any atom is 0.221 e. The number of nitrogens with zero attached hydrogens (tertiary/aromatic N) is 4. The van der Waals surface area contributed by atoms with E-state index in [1.165, 1.54) is 13.3 Å². The molecule has 2 aromatic carbocycles. The summed E-state index contributed by atoms with van der Waals surface area (Å²) in [4.78, 5) is 21.4. The SMILES string of the molecule is CC(=O)Nc1ccc(OCC2CC(Cn3cncn3)(c3ccc(Cl)cc3)N(C)O2)cc1. The average Bonchev–Trinajstić information content (AvgIpc) is 3.36. The molecule has 1 amide bonds. The standard InChI is InChI=1S/C22H24ClN5O3/c1-16(29)26-19-7-9-20(10-8-19)30-12-21-11-22(27(2)31-21,13-28-15-24-14-25-28)17-3-5-18(23)6-4-17/h3-10,14-15,21H,11-13H2,1-2H3,(H,26,29). The van der Waals surface area contributed by atoms with Gasteiger partial charge in [-0.15, -0.1) is 0 Å². The average molecular weight is 442 g/mol. The first kappa shape index (κ1) is 21.3. The van der Waals surface area contributed by atoms with Crippen molar-refractivity contribution in [3.63, 3.8) is 0 Å². The van der Waals surface area contributed by atoms with Gasteiger partial charge in [-0.1, -0.05) is 23.7 Å². The van der Waals surface area contributed by atoms with Crippen molar-refractivity contribution in [1.29, 1.82) is 0 Å². The molecule has 1 aliphatic rings. The number of benzene rings is 2.